The van der Waals surface area contributed by atoms with Gasteiger partial charge < -0.3 is 9.73 Å². The van der Waals surface area contributed by atoms with Crippen LogP contribution < -0.4 is 5.32 Å². The molecule has 122 valence electrons. The fraction of sp³-hybridized carbons (Fsp3) is 0.778. The van der Waals surface area contributed by atoms with Crippen molar-refractivity contribution >= 4 is 0 Å². The van der Waals surface area contributed by atoms with Gasteiger partial charge in [0.25, 0.3) is 0 Å². The molecule has 0 unspecified atom stereocenters. The second-order valence-corrected chi connectivity index (χ2v) is 7.24. The van der Waals surface area contributed by atoms with Crippen molar-refractivity contribution in [3.8, 4) is 0 Å². The molecule has 0 radical (unpaired) electrons. The molecule has 0 aliphatic heterocycles. The minimum Gasteiger partial charge on any atom is -0.463 e. The molecule has 0 amide bonds. The van der Waals surface area contributed by atoms with Gasteiger partial charge in [0, 0.05) is 11.6 Å². The van der Waals surface area contributed by atoms with Crippen LogP contribution >= 0.6 is 0 Å². The van der Waals surface area contributed by atoms with Crippen molar-refractivity contribution in [3.05, 3.63) is 23.7 Å². The zero-order valence-electron chi connectivity index (χ0n) is 14.8. The summed E-state index contributed by atoms with van der Waals surface area (Å²) in [4.78, 5) is 2.50. The number of hydrogen-bond acceptors (Lipinski definition) is 3. The first-order chi connectivity index (χ1) is 9.81. The Kier molecular flexibility index (Phi) is 7.47. The molecule has 0 aliphatic rings. The maximum Gasteiger partial charge on any atom is 0.118 e. The molecule has 0 saturated heterocycles. The van der Waals surface area contributed by atoms with Gasteiger partial charge in [0.1, 0.15) is 11.5 Å². The van der Waals surface area contributed by atoms with E-state index in [0.717, 1.165) is 31.2 Å². The lowest BCUT2D eigenvalue weighted by molar-refractivity contribution is 0.190. The lowest BCUT2D eigenvalue weighted by atomic mass is 10.1. The third kappa shape index (κ3) is 7.68. The average molecular weight is 294 g/mol. The summed E-state index contributed by atoms with van der Waals surface area (Å²) in [5, 5.41) is 3.46. The Labute approximate surface area is 131 Å². The van der Waals surface area contributed by atoms with Gasteiger partial charge in [-0.2, -0.15) is 0 Å². The van der Waals surface area contributed by atoms with Gasteiger partial charge in [0.2, 0.25) is 0 Å². The fourth-order valence-corrected chi connectivity index (χ4v) is 2.24. The molecular weight excluding hydrogens is 260 g/mol. The molecule has 0 aromatic carbocycles. The lowest BCUT2D eigenvalue weighted by Crippen LogP contribution is -2.34. The number of unbranched alkanes of at least 4 members (excludes halogenated alkanes) is 2. The van der Waals surface area contributed by atoms with Gasteiger partial charge in [-0.05, 0) is 59.7 Å². The first-order valence-corrected chi connectivity index (χ1v) is 8.38. The summed E-state index contributed by atoms with van der Waals surface area (Å²) in [6, 6.07) is 4.77. The van der Waals surface area contributed by atoms with E-state index in [9.17, 15) is 0 Å². The Morgan fingerprint density at radius 1 is 1.14 bits per heavy atom. The summed E-state index contributed by atoms with van der Waals surface area (Å²) < 4.78 is 5.96. The molecule has 0 bridgehead atoms. The highest BCUT2D eigenvalue weighted by Gasteiger charge is 2.14. The number of furan rings is 1. The van der Waals surface area contributed by atoms with E-state index in [1.165, 1.54) is 19.3 Å². The zero-order chi connectivity index (χ0) is 15.9. The minimum atomic E-state index is 0.122. The van der Waals surface area contributed by atoms with Gasteiger partial charge in [0.15, 0.2) is 0 Å². The quantitative estimate of drug-likeness (QED) is 0.676. The van der Waals surface area contributed by atoms with Crippen LogP contribution in [0.5, 0.6) is 0 Å². The standard InChI is InChI=1S/C18H34N2O/c1-7-8-9-12-20(15(2)3)14-17-11-10-16(21-17)13-19-18(4,5)6/h10-11,15,19H,7-9,12-14H2,1-6H3. The van der Waals surface area contributed by atoms with Crippen molar-refractivity contribution < 1.29 is 4.42 Å². The Balaban J connectivity index is 2.50. The topological polar surface area (TPSA) is 28.4 Å². The highest BCUT2D eigenvalue weighted by Crippen LogP contribution is 2.14. The van der Waals surface area contributed by atoms with E-state index in [-0.39, 0.29) is 5.54 Å². The molecule has 21 heavy (non-hydrogen) atoms. The van der Waals surface area contributed by atoms with Crippen molar-refractivity contribution in [3.63, 3.8) is 0 Å². The van der Waals surface area contributed by atoms with Crippen LogP contribution in [0.4, 0.5) is 0 Å². The van der Waals surface area contributed by atoms with Gasteiger partial charge in [0.05, 0.1) is 13.1 Å². The predicted octanol–water partition coefficient (Wildman–Crippen LogP) is 4.57. The summed E-state index contributed by atoms with van der Waals surface area (Å²) in [5.41, 5.74) is 0.122. The number of hydrogen-bond donors (Lipinski definition) is 1. The smallest absolute Gasteiger partial charge is 0.118 e. The lowest BCUT2D eigenvalue weighted by Gasteiger charge is -2.25. The van der Waals surface area contributed by atoms with Gasteiger partial charge >= 0.3 is 0 Å². The van der Waals surface area contributed by atoms with Crippen LogP contribution in [-0.4, -0.2) is 23.0 Å². The van der Waals surface area contributed by atoms with Crippen LogP contribution in [0.25, 0.3) is 0 Å². The number of nitrogens with zero attached hydrogens (tertiary/aromatic N) is 1. The Morgan fingerprint density at radius 3 is 2.38 bits per heavy atom. The highest BCUT2D eigenvalue weighted by molar-refractivity contribution is 5.07. The van der Waals surface area contributed by atoms with E-state index < -0.39 is 0 Å². The van der Waals surface area contributed by atoms with E-state index in [4.69, 9.17) is 4.42 Å². The summed E-state index contributed by atoms with van der Waals surface area (Å²) >= 11 is 0. The summed E-state index contributed by atoms with van der Waals surface area (Å²) in [6.07, 6.45) is 3.85. The van der Waals surface area contributed by atoms with Crippen molar-refractivity contribution in [2.24, 2.45) is 0 Å². The molecule has 1 aromatic heterocycles. The molecule has 0 aliphatic carbocycles. The largest absolute Gasteiger partial charge is 0.463 e. The molecular formula is C18H34N2O. The first kappa shape index (κ1) is 18.2. The second kappa shape index (κ2) is 8.60. The summed E-state index contributed by atoms with van der Waals surface area (Å²) in [7, 11) is 0. The van der Waals surface area contributed by atoms with Crippen LogP contribution in [0.3, 0.4) is 0 Å². The predicted molar refractivity (Wildman–Crippen MR) is 90.4 cm³/mol. The zero-order valence-corrected chi connectivity index (χ0v) is 14.8. The maximum absolute atomic E-state index is 5.96. The van der Waals surface area contributed by atoms with Gasteiger partial charge in [-0.3, -0.25) is 4.90 Å². The molecule has 3 nitrogen and oxygen atoms in total. The molecule has 0 spiro atoms. The van der Waals surface area contributed by atoms with Gasteiger partial charge in [-0.1, -0.05) is 19.8 Å². The number of rotatable bonds is 9. The third-order valence-corrected chi connectivity index (χ3v) is 3.65. The van der Waals surface area contributed by atoms with Crippen LogP contribution in [0.1, 0.15) is 72.3 Å². The molecule has 0 fully saturated rings. The van der Waals surface area contributed by atoms with Crippen molar-refractivity contribution in [1.82, 2.24) is 10.2 Å². The molecule has 1 N–H and O–H groups in total. The molecule has 0 saturated carbocycles. The van der Waals surface area contributed by atoms with Crippen LogP contribution in [-0.2, 0) is 13.1 Å². The Hall–Kier alpha value is -0.800. The van der Waals surface area contributed by atoms with E-state index >= 15 is 0 Å². The number of nitrogens with one attached hydrogen (secondary N) is 1. The van der Waals surface area contributed by atoms with E-state index in [1.807, 2.05) is 0 Å². The van der Waals surface area contributed by atoms with Crippen molar-refractivity contribution in [1.29, 1.82) is 0 Å². The first-order valence-electron chi connectivity index (χ1n) is 8.38. The maximum atomic E-state index is 5.96. The fourth-order valence-electron chi connectivity index (χ4n) is 2.24. The summed E-state index contributed by atoms with van der Waals surface area (Å²) in [5.74, 6) is 2.10. The molecule has 1 heterocycles. The normalized spacial score (nSPS) is 12.6. The monoisotopic (exact) mass is 294 g/mol. The molecule has 1 rings (SSSR count). The minimum absolute atomic E-state index is 0.122. The molecule has 1 aromatic rings. The van der Waals surface area contributed by atoms with Crippen molar-refractivity contribution in [2.75, 3.05) is 6.54 Å². The third-order valence-electron chi connectivity index (χ3n) is 3.65. The van der Waals surface area contributed by atoms with Gasteiger partial charge in [-0.15, -0.1) is 0 Å². The summed E-state index contributed by atoms with van der Waals surface area (Å²) in [6.45, 7) is 16.1. The molecule has 0 atom stereocenters. The van der Waals surface area contributed by atoms with E-state index in [1.54, 1.807) is 0 Å². The Morgan fingerprint density at radius 2 is 1.81 bits per heavy atom. The average Bonchev–Trinajstić information content (AvgIpc) is 2.82. The SMILES string of the molecule is CCCCCN(Cc1ccc(CNC(C)(C)C)o1)C(C)C. The van der Waals surface area contributed by atoms with E-state index in [0.29, 0.717) is 6.04 Å². The van der Waals surface area contributed by atoms with Crippen LogP contribution in [0.2, 0.25) is 0 Å². The van der Waals surface area contributed by atoms with Crippen LogP contribution in [0, 0.1) is 0 Å². The van der Waals surface area contributed by atoms with Crippen LogP contribution in [0.15, 0.2) is 16.5 Å². The molecule has 3 heteroatoms. The van der Waals surface area contributed by atoms with Gasteiger partial charge in [-0.25, -0.2) is 0 Å². The second-order valence-electron chi connectivity index (χ2n) is 7.24. The Bertz CT molecular complexity index is 390. The van der Waals surface area contributed by atoms with Crippen molar-refractivity contribution in [2.45, 2.75) is 85.5 Å². The highest BCUT2D eigenvalue weighted by atomic mass is 16.3. The van der Waals surface area contributed by atoms with E-state index in [2.05, 4.69) is 63.9 Å².